The number of nitrogens with one attached hydrogen (secondary N) is 2. The zero-order valence-electron chi connectivity index (χ0n) is 16.7. The molecule has 0 spiro atoms. The summed E-state index contributed by atoms with van der Waals surface area (Å²) >= 11 is 0. The van der Waals surface area contributed by atoms with Crippen molar-refractivity contribution in [3.63, 3.8) is 0 Å². The van der Waals surface area contributed by atoms with Crippen LogP contribution in [-0.4, -0.2) is 53.3 Å². The Morgan fingerprint density at radius 2 is 1.97 bits per heavy atom. The Kier molecular flexibility index (Phi) is 5.41. The van der Waals surface area contributed by atoms with E-state index < -0.39 is 11.6 Å². The average molecular weight is 409 g/mol. The first-order valence-corrected chi connectivity index (χ1v) is 9.59. The Labute approximate surface area is 171 Å². The van der Waals surface area contributed by atoms with Gasteiger partial charge in [-0.15, -0.1) is 0 Å². The number of anilines is 1. The molecular weight excluding hydrogens is 388 g/mol. The number of carbonyl (C=O) groups is 1. The average Bonchev–Trinajstić information content (AvgIpc) is 3.09. The molecule has 4 aromatic rings. The fraction of sp³-hybridized carbons (Fsp3) is 0.227. The van der Waals surface area contributed by atoms with E-state index in [9.17, 15) is 13.6 Å². The molecule has 4 rings (SSSR count). The minimum absolute atomic E-state index is 0.0265. The molecule has 0 saturated heterocycles. The number of carbonyl (C=O) groups excluding carboxylic acids is 1. The molecule has 0 fully saturated rings. The highest BCUT2D eigenvalue weighted by Crippen LogP contribution is 2.32. The van der Waals surface area contributed by atoms with E-state index >= 15 is 0 Å². The molecule has 2 N–H and O–H groups in total. The molecule has 2 heterocycles. The van der Waals surface area contributed by atoms with Crippen molar-refractivity contribution in [2.45, 2.75) is 6.42 Å². The maximum Gasteiger partial charge on any atom is 0.179 e. The molecule has 0 aliphatic heterocycles. The minimum atomic E-state index is -0.808. The van der Waals surface area contributed by atoms with Crippen LogP contribution in [0.15, 0.2) is 36.4 Å². The van der Waals surface area contributed by atoms with E-state index in [1.807, 2.05) is 38.4 Å². The summed E-state index contributed by atoms with van der Waals surface area (Å²) in [5.41, 5.74) is 1.18. The summed E-state index contributed by atoms with van der Waals surface area (Å²) in [6, 6.07) is 9.41. The van der Waals surface area contributed by atoms with Gasteiger partial charge in [0.1, 0.15) is 17.5 Å². The van der Waals surface area contributed by atoms with E-state index in [1.54, 1.807) is 0 Å². The van der Waals surface area contributed by atoms with Gasteiger partial charge in [-0.25, -0.2) is 18.7 Å². The summed E-state index contributed by atoms with van der Waals surface area (Å²) in [6.07, 6.45) is 1.45. The predicted molar refractivity (Wildman–Crippen MR) is 114 cm³/mol. The number of para-hydroxylation sites is 1. The summed E-state index contributed by atoms with van der Waals surface area (Å²) in [7, 11) is 4.02. The predicted octanol–water partition coefficient (Wildman–Crippen LogP) is 4.23. The van der Waals surface area contributed by atoms with Crippen molar-refractivity contribution in [1.29, 1.82) is 0 Å². The Balaban J connectivity index is 1.83. The highest BCUT2D eigenvalue weighted by Gasteiger charge is 2.20. The van der Waals surface area contributed by atoms with Gasteiger partial charge in [0, 0.05) is 23.4 Å². The molecular formula is C22H21F2N5O. The normalized spacial score (nSPS) is 11.5. The topological polar surface area (TPSA) is 73.9 Å². The molecule has 6 nitrogen and oxygen atoms in total. The second kappa shape index (κ2) is 8.16. The van der Waals surface area contributed by atoms with Gasteiger partial charge in [-0.2, -0.15) is 0 Å². The summed E-state index contributed by atoms with van der Waals surface area (Å²) in [5, 5.41) is 4.20. The minimum Gasteiger partial charge on any atom is -0.369 e. The van der Waals surface area contributed by atoms with Crippen LogP contribution in [0.2, 0.25) is 0 Å². The third-order valence-electron chi connectivity index (χ3n) is 4.87. The highest BCUT2D eigenvalue weighted by molar-refractivity contribution is 6.04. The Bertz CT molecular complexity index is 1240. The number of benzene rings is 2. The van der Waals surface area contributed by atoms with Gasteiger partial charge in [0.15, 0.2) is 12.1 Å². The number of hydrogen-bond donors (Lipinski definition) is 2. The number of halogens is 2. The lowest BCUT2D eigenvalue weighted by Gasteiger charge is -2.12. The zero-order chi connectivity index (χ0) is 21.3. The maximum absolute atomic E-state index is 14.4. The molecule has 0 unspecified atom stereocenters. The van der Waals surface area contributed by atoms with Crippen LogP contribution >= 0.6 is 0 Å². The summed E-state index contributed by atoms with van der Waals surface area (Å²) < 4.78 is 28.0. The monoisotopic (exact) mass is 409 g/mol. The standard InChI is InChI=1S/C22H21F2N5O/c1-29(2)9-5-8-25-21-14-6-3-4-7-17(14)27-22(28-21)20-15(12-30)19-16(24)10-13(23)11-18(19)26-20/h3-4,6-7,10-12,26H,5,8-9H2,1-2H3,(H,25,27,28). The van der Waals surface area contributed by atoms with Crippen molar-refractivity contribution in [3.8, 4) is 11.5 Å². The number of rotatable bonds is 7. The van der Waals surface area contributed by atoms with E-state index in [0.29, 0.717) is 24.2 Å². The van der Waals surface area contributed by atoms with Crippen molar-refractivity contribution in [3.05, 3.63) is 53.6 Å². The Morgan fingerprint density at radius 1 is 1.17 bits per heavy atom. The van der Waals surface area contributed by atoms with Gasteiger partial charge < -0.3 is 15.2 Å². The van der Waals surface area contributed by atoms with Crippen LogP contribution < -0.4 is 5.32 Å². The van der Waals surface area contributed by atoms with Crippen LogP contribution in [0.1, 0.15) is 16.8 Å². The van der Waals surface area contributed by atoms with Gasteiger partial charge in [0.25, 0.3) is 0 Å². The second-order valence-corrected chi connectivity index (χ2v) is 7.34. The number of H-pyrrole nitrogens is 1. The molecule has 2 aromatic heterocycles. The van der Waals surface area contributed by atoms with Crippen molar-refractivity contribution in [2.75, 3.05) is 32.5 Å². The molecule has 0 bridgehead atoms. The van der Waals surface area contributed by atoms with Gasteiger partial charge in [0.05, 0.1) is 22.3 Å². The van der Waals surface area contributed by atoms with Gasteiger partial charge in [-0.05, 0) is 45.3 Å². The first kappa shape index (κ1) is 19.9. The van der Waals surface area contributed by atoms with Crippen molar-refractivity contribution >= 4 is 33.9 Å². The zero-order valence-corrected chi connectivity index (χ0v) is 16.7. The van der Waals surface area contributed by atoms with Gasteiger partial charge in [-0.3, -0.25) is 4.79 Å². The summed E-state index contributed by atoms with van der Waals surface area (Å²) in [4.78, 5) is 25.9. The molecule has 8 heteroatoms. The van der Waals surface area contributed by atoms with E-state index in [0.717, 1.165) is 30.5 Å². The molecule has 154 valence electrons. The number of aromatic amines is 1. The first-order valence-electron chi connectivity index (χ1n) is 9.59. The number of nitrogens with zero attached hydrogens (tertiary/aromatic N) is 3. The molecule has 0 saturated carbocycles. The van der Waals surface area contributed by atoms with Crippen LogP contribution in [0.5, 0.6) is 0 Å². The lowest BCUT2D eigenvalue weighted by molar-refractivity contribution is 0.112. The van der Waals surface area contributed by atoms with E-state index in [4.69, 9.17) is 0 Å². The van der Waals surface area contributed by atoms with Gasteiger partial charge in [0.2, 0.25) is 0 Å². The van der Waals surface area contributed by atoms with Crippen LogP contribution in [0.3, 0.4) is 0 Å². The second-order valence-electron chi connectivity index (χ2n) is 7.34. The third-order valence-corrected chi connectivity index (χ3v) is 4.87. The van der Waals surface area contributed by atoms with E-state index in [2.05, 4.69) is 25.2 Å². The highest BCUT2D eigenvalue weighted by atomic mass is 19.1. The largest absolute Gasteiger partial charge is 0.369 e. The van der Waals surface area contributed by atoms with Crippen molar-refractivity contribution < 1.29 is 13.6 Å². The fourth-order valence-corrected chi connectivity index (χ4v) is 3.49. The van der Waals surface area contributed by atoms with Gasteiger partial charge >= 0.3 is 0 Å². The quantitative estimate of drug-likeness (QED) is 0.353. The molecule has 0 amide bonds. The van der Waals surface area contributed by atoms with Crippen molar-refractivity contribution in [2.24, 2.45) is 0 Å². The van der Waals surface area contributed by atoms with Crippen LogP contribution in [0.4, 0.5) is 14.6 Å². The van der Waals surface area contributed by atoms with Crippen molar-refractivity contribution in [1.82, 2.24) is 19.9 Å². The molecule has 30 heavy (non-hydrogen) atoms. The van der Waals surface area contributed by atoms with Crippen LogP contribution in [0, 0.1) is 11.6 Å². The summed E-state index contributed by atoms with van der Waals surface area (Å²) in [6.45, 7) is 1.62. The van der Waals surface area contributed by atoms with Gasteiger partial charge in [-0.1, -0.05) is 12.1 Å². The Hall–Kier alpha value is -3.39. The molecule has 0 atom stereocenters. The lowest BCUT2D eigenvalue weighted by atomic mass is 10.1. The number of fused-ring (bicyclic) bond motifs is 2. The fourth-order valence-electron chi connectivity index (χ4n) is 3.49. The smallest absolute Gasteiger partial charge is 0.179 e. The SMILES string of the molecule is CN(C)CCCNc1nc(-c2[nH]c3cc(F)cc(F)c3c2C=O)nc2ccccc12. The first-order chi connectivity index (χ1) is 14.5. The maximum atomic E-state index is 14.4. The molecule has 0 aliphatic carbocycles. The summed E-state index contributed by atoms with van der Waals surface area (Å²) in [5.74, 6) is -0.677. The third kappa shape index (κ3) is 3.73. The Morgan fingerprint density at radius 3 is 2.73 bits per heavy atom. The molecule has 0 radical (unpaired) electrons. The lowest BCUT2D eigenvalue weighted by Crippen LogP contribution is -2.17. The number of aromatic nitrogens is 3. The van der Waals surface area contributed by atoms with E-state index in [-0.39, 0.29) is 28.0 Å². The van der Waals surface area contributed by atoms with Crippen LogP contribution in [0.25, 0.3) is 33.3 Å². The molecule has 0 aliphatic rings. The molecule has 2 aromatic carbocycles. The van der Waals surface area contributed by atoms with E-state index in [1.165, 1.54) is 0 Å². The number of hydrogen-bond acceptors (Lipinski definition) is 5. The van der Waals surface area contributed by atoms with Crippen LogP contribution in [-0.2, 0) is 0 Å². The number of aldehydes is 1.